The van der Waals surface area contributed by atoms with Crippen molar-refractivity contribution in [2.24, 2.45) is 5.92 Å². The molecule has 1 heterocycles. The zero-order valence-electron chi connectivity index (χ0n) is 11.1. The number of ether oxygens (including phenoxy) is 3. The minimum atomic E-state index is -0.697. The average molecular weight is 256 g/mol. The number of ketones is 1. The van der Waals surface area contributed by atoms with Gasteiger partial charge in [0.05, 0.1) is 18.8 Å². The lowest BCUT2D eigenvalue weighted by Gasteiger charge is -2.19. The second kappa shape index (κ2) is 4.97. The first-order valence-corrected chi connectivity index (χ1v) is 6.48. The van der Waals surface area contributed by atoms with Crippen LogP contribution in [-0.4, -0.2) is 36.4 Å². The largest absolute Gasteiger partial charge is 0.465 e. The fourth-order valence-electron chi connectivity index (χ4n) is 2.65. The Balaban J connectivity index is 2.09. The van der Waals surface area contributed by atoms with Crippen molar-refractivity contribution in [1.82, 2.24) is 0 Å². The van der Waals surface area contributed by atoms with Crippen molar-refractivity contribution in [3.63, 3.8) is 0 Å². The van der Waals surface area contributed by atoms with Gasteiger partial charge in [-0.2, -0.15) is 0 Å². The van der Waals surface area contributed by atoms with Crippen LogP contribution in [0.3, 0.4) is 0 Å². The van der Waals surface area contributed by atoms with Gasteiger partial charge in [0.15, 0.2) is 5.79 Å². The second-order valence-corrected chi connectivity index (χ2v) is 5.26. The van der Waals surface area contributed by atoms with Gasteiger partial charge in [-0.1, -0.05) is 0 Å². The van der Waals surface area contributed by atoms with Crippen LogP contribution in [0.1, 0.15) is 40.0 Å². The Hall–Kier alpha value is -0.940. The lowest BCUT2D eigenvalue weighted by molar-refractivity contribution is -0.160. The van der Waals surface area contributed by atoms with Gasteiger partial charge in [-0.15, -0.1) is 0 Å². The molecule has 5 nitrogen and oxygen atoms in total. The summed E-state index contributed by atoms with van der Waals surface area (Å²) >= 11 is 0. The zero-order valence-corrected chi connectivity index (χ0v) is 11.1. The molecule has 0 radical (unpaired) electrons. The summed E-state index contributed by atoms with van der Waals surface area (Å²) in [5.41, 5.74) is 0. The summed E-state index contributed by atoms with van der Waals surface area (Å²) in [6, 6.07) is 0. The fraction of sp³-hybridized carbons (Fsp3) is 0.846. The van der Waals surface area contributed by atoms with E-state index in [-0.39, 0.29) is 18.0 Å². The fourth-order valence-corrected chi connectivity index (χ4v) is 2.65. The predicted octanol–water partition coefficient (Wildman–Crippen LogP) is 1.44. The number of hydrogen-bond donors (Lipinski definition) is 0. The van der Waals surface area contributed by atoms with Crippen LogP contribution in [0, 0.1) is 5.92 Å². The summed E-state index contributed by atoms with van der Waals surface area (Å²) in [5, 5.41) is 0. The first-order chi connectivity index (χ1) is 8.43. The van der Waals surface area contributed by atoms with Crippen LogP contribution in [0.5, 0.6) is 0 Å². The highest BCUT2D eigenvalue weighted by molar-refractivity contribution is 5.99. The van der Waals surface area contributed by atoms with E-state index in [1.54, 1.807) is 6.92 Å². The third kappa shape index (κ3) is 2.72. The number of hydrogen-bond acceptors (Lipinski definition) is 5. The second-order valence-electron chi connectivity index (χ2n) is 5.26. The van der Waals surface area contributed by atoms with E-state index in [2.05, 4.69) is 0 Å². The van der Waals surface area contributed by atoms with E-state index in [0.717, 1.165) is 0 Å². The zero-order chi connectivity index (χ0) is 13.3. The van der Waals surface area contributed by atoms with Gasteiger partial charge in [-0.3, -0.25) is 9.59 Å². The van der Waals surface area contributed by atoms with E-state index < -0.39 is 17.7 Å². The Kier molecular flexibility index (Phi) is 3.73. The first-order valence-electron chi connectivity index (χ1n) is 6.48. The Morgan fingerprint density at radius 1 is 1.39 bits per heavy atom. The van der Waals surface area contributed by atoms with Crippen molar-refractivity contribution in [2.45, 2.75) is 58.0 Å². The maximum atomic E-state index is 11.9. The predicted molar refractivity (Wildman–Crippen MR) is 62.8 cm³/mol. The molecular formula is C13H20O5. The molecule has 2 fully saturated rings. The summed E-state index contributed by atoms with van der Waals surface area (Å²) < 4.78 is 16.5. The van der Waals surface area contributed by atoms with Crippen LogP contribution in [0.2, 0.25) is 0 Å². The van der Waals surface area contributed by atoms with E-state index >= 15 is 0 Å². The van der Waals surface area contributed by atoms with E-state index in [9.17, 15) is 9.59 Å². The van der Waals surface area contributed by atoms with Crippen LogP contribution >= 0.6 is 0 Å². The van der Waals surface area contributed by atoms with Gasteiger partial charge in [0.1, 0.15) is 11.7 Å². The van der Waals surface area contributed by atoms with Gasteiger partial charge in [-0.05, 0) is 33.6 Å². The molecule has 5 heteroatoms. The summed E-state index contributed by atoms with van der Waals surface area (Å²) in [6.07, 6.45) is 1.04. The Labute approximate surface area is 107 Å². The summed E-state index contributed by atoms with van der Waals surface area (Å²) in [5.74, 6) is -1.82. The van der Waals surface area contributed by atoms with E-state index in [1.807, 2.05) is 13.8 Å². The molecule has 102 valence electrons. The van der Waals surface area contributed by atoms with Gasteiger partial charge in [-0.25, -0.2) is 0 Å². The van der Waals surface area contributed by atoms with Crippen molar-refractivity contribution in [3.8, 4) is 0 Å². The van der Waals surface area contributed by atoms with Gasteiger partial charge >= 0.3 is 5.97 Å². The van der Waals surface area contributed by atoms with Gasteiger partial charge in [0, 0.05) is 6.42 Å². The topological polar surface area (TPSA) is 61.8 Å². The number of carbonyl (C=O) groups is 2. The number of rotatable bonds is 2. The number of carbonyl (C=O) groups excluding carboxylic acids is 2. The van der Waals surface area contributed by atoms with Gasteiger partial charge < -0.3 is 14.2 Å². The molecular weight excluding hydrogens is 236 g/mol. The van der Waals surface area contributed by atoms with Crippen LogP contribution in [0.25, 0.3) is 0 Å². The molecule has 1 aliphatic carbocycles. The summed E-state index contributed by atoms with van der Waals surface area (Å²) in [6.45, 7) is 5.73. The summed E-state index contributed by atoms with van der Waals surface area (Å²) in [7, 11) is 0. The molecule has 0 aromatic carbocycles. The monoisotopic (exact) mass is 256 g/mol. The molecule has 1 saturated heterocycles. The van der Waals surface area contributed by atoms with E-state index in [1.165, 1.54) is 0 Å². The minimum Gasteiger partial charge on any atom is -0.465 e. The number of Topliss-reactive ketones (excluding diaryl/α,β-unsaturated/α-hetero) is 1. The quantitative estimate of drug-likeness (QED) is 0.552. The third-order valence-electron chi connectivity index (χ3n) is 3.39. The van der Waals surface area contributed by atoms with Crippen molar-refractivity contribution in [2.75, 3.05) is 6.61 Å². The molecule has 0 aromatic heterocycles. The number of fused-ring (bicyclic) bond motifs is 1. The van der Waals surface area contributed by atoms with Crippen molar-refractivity contribution >= 4 is 11.8 Å². The molecule has 2 aliphatic rings. The highest BCUT2D eigenvalue weighted by Crippen LogP contribution is 2.36. The normalized spacial score (nSPS) is 34.8. The molecule has 18 heavy (non-hydrogen) atoms. The molecule has 2 rings (SSSR count). The van der Waals surface area contributed by atoms with Gasteiger partial charge in [0.25, 0.3) is 0 Å². The molecule has 0 bridgehead atoms. The minimum absolute atomic E-state index is 0.0622. The van der Waals surface area contributed by atoms with Crippen LogP contribution in [0.15, 0.2) is 0 Å². The molecule has 0 amide bonds. The number of esters is 1. The van der Waals surface area contributed by atoms with Crippen LogP contribution in [0.4, 0.5) is 0 Å². The Morgan fingerprint density at radius 3 is 2.72 bits per heavy atom. The van der Waals surface area contributed by atoms with Crippen LogP contribution < -0.4 is 0 Å². The Morgan fingerprint density at radius 2 is 2.06 bits per heavy atom. The molecule has 0 aromatic rings. The summed E-state index contributed by atoms with van der Waals surface area (Å²) in [4.78, 5) is 23.7. The molecule has 3 atom stereocenters. The lowest BCUT2D eigenvalue weighted by Crippen LogP contribution is -2.30. The molecule has 0 spiro atoms. The average Bonchev–Trinajstić information content (AvgIpc) is 2.49. The Bertz CT molecular complexity index is 341. The molecule has 1 saturated carbocycles. The maximum Gasteiger partial charge on any atom is 0.316 e. The van der Waals surface area contributed by atoms with E-state index in [0.29, 0.717) is 25.9 Å². The van der Waals surface area contributed by atoms with Crippen LogP contribution in [-0.2, 0) is 23.8 Å². The molecule has 0 N–H and O–H groups in total. The standard InChI is InChI=1S/C13H20O5/c1-4-16-12(15)8-7-11-10(6-5-9(8)14)17-13(2,3)18-11/h8,10-11H,4-7H2,1-3H3/t8?,10-,11+/m0/s1. The molecule has 1 unspecified atom stereocenters. The smallest absolute Gasteiger partial charge is 0.316 e. The SMILES string of the molecule is CCOC(=O)C1C[C@H]2OC(C)(C)O[C@H]2CCC1=O. The first kappa shape index (κ1) is 13.5. The van der Waals surface area contributed by atoms with Crippen molar-refractivity contribution < 1.29 is 23.8 Å². The highest BCUT2D eigenvalue weighted by atomic mass is 16.7. The lowest BCUT2D eigenvalue weighted by atomic mass is 9.98. The van der Waals surface area contributed by atoms with Gasteiger partial charge in [0.2, 0.25) is 0 Å². The van der Waals surface area contributed by atoms with Crippen molar-refractivity contribution in [1.29, 1.82) is 0 Å². The van der Waals surface area contributed by atoms with E-state index in [4.69, 9.17) is 14.2 Å². The third-order valence-corrected chi connectivity index (χ3v) is 3.39. The highest BCUT2D eigenvalue weighted by Gasteiger charge is 2.46. The molecule has 1 aliphatic heterocycles. The van der Waals surface area contributed by atoms with Crippen molar-refractivity contribution in [3.05, 3.63) is 0 Å². The maximum absolute atomic E-state index is 11.9.